The molecule has 1 amide bonds. The maximum absolute atomic E-state index is 12.0. The van der Waals surface area contributed by atoms with Crippen LogP contribution in [0.3, 0.4) is 0 Å². The monoisotopic (exact) mass is 277 g/mol. The number of nitrogens with two attached hydrogens (primary N) is 1. The molecule has 1 aliphatic heterocycles. The third-order valence-corrected chi connectivity index (χ3v) is 3.77. The molecule has 20 heavy (non-hydrogen) atoms. The fourth-order valence-electron chi connectivity index (χ4n) is 2.45. The van der Waals surface area contributed by atoms with E-state index in [0.717, 1.165) is 26.1 Å². The quantitative estimate of drug-likeness (QED) is 0.548. The minimum atomic E-state index is -0.0796. The van der Waals surface area contributed by atoms with Gasteiger partial charge in [-0.25, -0.2) is 10.8 Å². The van der Waals surface area contributed by atoms with E-state index >= 15 is 0 Å². The number of nitrogen functional groups attached to an aromatic ring is 1. The van der Waals surface area contributed by atoms with Crippen LogP contribution in [0.5, 0.6) is 0 Å². The zero-order valence-electron chi connectivity index (χ0n) is 12.1. The first-order chi connectivity index (χ1) is 9.60. The van der Waals surface area contributed by atoms with E-state index < -0.39 is 0 Å². The Labute approximate surface area is 119 Å². The Bertz CT molecular complexity index is 445. The number of anilines is 1. The number of nitrogens with zero attached hydrogens (tertiary/aromatic N) is 2. The van der Waals surface area contributed by atoms with Gasteiger partial charge in [0.15, 0.2) is 0 Å². The van der Waals surface area contributed by atoms with Gasteiger partial charge < -0.3 is 15.6 Å². The van der Waals surface area contributed by atoms with Crippen LogP contribution in [0.25, 0.3) is 0 Å². The van der Waals surface area contributed by atoms with Crippen molar-refractivity contribution in [3.05, 3.63) is 23.9 Å². The first kappa shape index (κ1) is 14.7. The average Bonchev–Trinajstić information content (AvgIpc) is 2.94. The molecule has 0 bridgehead atoms. The number of hydrogen-bond acceptors (Lipinski definition) is 5. The molecule has 0 aliphatic carbocycles. The SMILES string of the molecule is CC(C)N1CCC(CNC(=O)c2ccc(NN)nc2)C1. The number of carbonyl (C=O) groups is 1. The van der Waals surface area contributed by atoms with Crippen molar-refractivity contribution >= 4 is 11.7 Å². The van der Waals surface area contributed by atoms with E-state index in [2.05, 4.69) is 34.5 Å². The van der Waals surface area contributed by atoms with Crippen molar-refractivity contribution in [3.63, 3.8) is 0 Å². The van der Waals surface area contributed by atoms with Crippen LogP contribution >= 0.6 is 0 Å². The zero-order valence-corrected chi connectivity index (χ0v) is 12.1. The van der Waals surface area contributed by atoms with Crippen LogP contribution in [-0.2, 0) is 0 Å². The Hall–Kier alpha value is -1.66. The predicted molar refractivity (Wildman–Crippen MR) is 79.2 cm³/mol. The average molecular weight is 277 g/mol. The molecule has 1 atom stereocenters. The molecule has 0 radical (unpaired) electrons. The normalized spacial score (nSPS) is 19.3. The molecule has 0 saturated carbocycles. The van der Waals surface area contributed by atoms with Gasteiger partial charge >= 0.3 is 0 Å². The molecule has 1 aliphatic rings. The summed E-state index contributed by atoms with van der Waals surface area (Å²) in [5, 5.41) is 2.98. The first-order valence-electron chi connectivity index (χ1n) is 7.05. The van der Waals surface area contributed by atoms with Gasteiger partial charge in [-0.1, -0.05) is 0 Å². The first-order valence-corrected chi connectivity index (χ1v) is 7.05. The third-order valence-electron chi connectivity index (χ3n) is 3.77. The molecule has 110 valence electrons. The summed E-state index contributed by atoms with van der Waals surface area (Å²) in [5.41, 5.74) is 2.99. The topological polar surface area (TPSA) is 83.3 Å². The summed E-state index contributed by atoms with van der Waals surface area (Å²) >= 11 is 0. The Balaban J connectivity index is 1.80. The fraction of sp³-hybridized carbons (Fsp3) is 0.571. The highest BCUT2D eigenvalue weighted by Crippen LogP contribution is 2.17. The number of carbonyl (C=O) groups excluding carboxylic acids is 1. The van der Waals surface area contributed by atoms with E-state index in [1.54, 1.807) is 12.1 Å². The number of pyridine rings is 1. The van der Waals surface area contributed by atoms with Gasteiger partial charge in [-0.05, 0) is 44.9 Å². The molecule has 6 heteroatoms. The van der Waals surface area contributed by atoms with Crippen molar-refractivity contribution in [1.29, 1.82) is 0 Å². The summed E-state index contributed by atoms with van der Waals surface area (Å²) in [7, 11) is 0. The van der Waals surface area contributed by atoms with Crippen LogP contribution in [0, 0.1) is 5.92 Å². The summed E-state index contributed by atoms with van der Waals surface area (Å²) in [5.74, 6) is 6.24. The van der Waals surface area contributed by atoms with Gasteiger partial charge in [0.25, 0.3) is 5.91 Å². The molecule has 2 rings (SSSR count). The van der Waals surface area contributed by atoms with E-state index in [1.165, 1.54) is 6.20 Å². The summed E-state index contributed by atoms with van der Waals surface area (Å²) in [6, 6.07) is 3.98. The van der Waals surface area contributed by atoms with Gasteiger partial charge in [0.05, 0.1) is 5.56 Å². The van der Waals surface area contributed by atoms with Gasteiger partial charge in [-0.15, -0.1) is 0 Å². The lowest BCUT2D eigenvalue weighted by atomic mass is 10.1. The minimum absolute atomic E-state index is 0.0796. The lowest BCUT2D eigenvalue weighted by molar-refractivity contribution is 0.0947. The second kappa shape index (κ2) is 6.67. The van der Waals surface area contributed by atoms with Crippen molar-refractivity contribution in [3.8, 4) is 0 Å². The lowest BCUT2D eigenvalue weighted by Gasteiger charge is -2.20. The number of nitrogens with one attached hydrogen (secondary N) is 2. The summed E-state index contributed by atoms with van der Waals surface area (Å²) in [4.78, 5) is 18.5. The lowest BCUT2D eigenvalue weighted by Crippen LogP contribution is -2.33. The van der Waals surface area contributed by atoms with Crippen LogP contribution in [0.4, 0.5) is 5.82 Å². The number of amides is 1. The number of hydrogen-bond donors (Lipinski definition) is 3. The fourth-order valence-corrected chi connectivity index (χ4v) is 2.45. The Morgan fingerprint density at radius 1 is 1.55 bits per heavy atom. The van der Waals surface area contributed by atoms with Gasteiger partial charge in [0.1, 0.15) is 5.82 Å². The van der Waals surface area contributed by atoms with E-state index in [9.17, 15) is 4.79 Å². The molecular weight excluding hydrogens is 254 g/mol. The van der Waals surface area contributed by atoms with Crippen LogP contribution in [0.15, 0.2) is 18.3 Å². The molecule has 0 spiro atoms. The van der Waals surface area contributed by atoms with E-state index in [1.807, 2.05) is 0 Å². The molecule has 2 heterocycles. The van der Waals surface area contributed by atoms with Crippen molar-refractivity contribution in [2.75, 3.05) is 25.1 Å². The third kappa shape index (κ3) is 3.68. The molecule has 0 aromatic carbocycles. The second-order valence-electron chi connectivity index (χ2n) is 5.53. The van der Waals surface area contributed by atoms with Gasteiger partial charge in [-0.2, -0.15) is 0 Å². The summed E-state index contributed by atoms with van der Waals surface area (Å²) in [6.07, 6.45) is 2.67. The Morgan fingerprint density at radius 3 is 2.90 bits per heavy atom. The van der Waals surface area contributed by atoms with Crippen LogP contribution in [-0.4, -0.2) is 41.5 Å². The number of rotatable bonds is 5. The molecule has 6 nitrogen and oxygen atoms in total. The van der Waals surface area contributed by atoms with Crippen LogP contribution in [0.2, 0.25) is 0 Å². The maximum atomic E-state index is 12.0. The van der Waals surface area contributed by atoms with Crippen molar-refractivity contribution < 1.29 is 4.79 Å². The van der Waals surface area contributed by atoms with E-state index in [-0.39, 0.29) is 5.91 Å². The standard InChI is InChI=1S/C14H23N5O/c1-10(2)19-6-5-11(9-19)7-17-14(20)12-3-4-13(18-15)16-8-12/h3-4,8,10-11H,5-7,9,15H2,1-2H3,(H,16,18)(H,17,20). The number of aromatic nitrogens is 1. The molecular formula is C14H23N5O. The van der Waals surface area contributed by atoms with Gasteiger partial charge in [0.2, 0.25) is 0 Å². The zero-order chi connectivity index (χ0) is 14.5. The van der Waals surface area contributed by atoms with Crippen molar-refractivity contribution in [2.45, 2.75) is 26.3 Å². The highest BCUT2D eigenvalue weighted by Gasteiger charge is 2.24. The van der Waals surface area contributed by atoms with E-state index in [4.69, 9.17) is 5.84 Å². The molecule has 1 aromatic rings. The molecule has 4 N–H and O–H groups in total. The second-order valence-corrected chi connectivity index (χ2v) is 5.53. The van der Waals surface area contributed by atoms with Gasteiger partial charge in [-0.3, -0.25) is 4.79 Å². The maximum Gasteiger partial charge on any atom is 0.252 e. The smallest absolute Gasteiger partial charge is 0.252 e. The minimum Gasteiger partial charge on any atom is -0.352 e. The highest BCUT2D eigenvalue weighted by atomic mass is 16.1. The van der Waals surface area contributed by atoms with Gasteiger partial charge in [0, 0.05) is 25.3 Å². The molecule has 1 fully saturated rings. The number of likely N-dealkylation sites (tertiary alicyclic amines) is 1. The Morgan fingerprint density at radius 2 is 2.35 bits per heavy atom. The Kier molecular flexibility index (Phi) is 4.92. The predicted octanol–water partition coefficient (Wildman–Crippen LogP) is 0.827. The summed E-state index contributed by atoms with van der Waals surface area (Å²) in [6.45, 7) is 7.32. The van der Waals surface area contributed by atoms with E-state index in [0.29, 0.717) is 23.3 Å². The summed E-state index contributed by atoms with van der Waals surface area (Å²) < 4.78 is 0. The highest BCUT2D eigenvalue weighted by molar-refractivity contribution is 5.94. The largest absolute Gasteiger partial charge is 0.352 e. The number of hydrazine groups is 1. The van der Waals surface area contributed by atoms with Crippen molar-refractivity contribution in [1.82, 2.24) is 15.2 Å². The van der Waals surface area contributed by atoms with Crippen LogP contribution < -0.4 is 16.6 Å². The van der Waals surface area contributed by atoms with Crippen molar-refractivity contribution in [2.24, 2.45) is 11.8 Å². The van der Waals surface area contributed by atoms with Crippen LogP contribution in [0.1, 0.15) is 30.6 Å². The molecule has 1 saturated heterocycles. The molecule has 1 unspecified atom stereocenters. The molecule has 1 aromatic heterocycles.